The summed E-state index contributed by atoms with van der Waals surface area (Å²) >= 11 is 1.41. The molecule has 7 heteroatoms. The van der Waals surface area contributed by atoms with Gasteiger partial charge in [-0.1, -0.05) is 0 Å². The summed E-state index contributed by atoms with van der Waals surface area (Å²) in [7, 11) is 0. The molecule has 4 rings (SSSR count). The van der Waals surface area contributed by atoms with Gasteiger partial charge in [-0.05, 0) is 68.3 Å². The van der Waals surface area contributed by atoms with E-state index in [0.717, 1.165) is 39.4 Å². The van der Waals surface area contributed by atoms with Gasteiger partial charge in [0.25, 0.3) is 5.91 Å². The Kier molecular flexibility index (Phi) is 5.40. The molecule has 0 saturated heterocycles. The minimum atomic E-state index is -0.258. The number of carbonyl (C=O) groups is 1. The molecule has 1 aromatic carbocycles. The lowest BCUT2D eigenvalue weighted by Gasteiger charge is -2.11. The summed E-state index contributed by atoms with van der Waals surface area (Å²) < 4.78 is 15.5. The average Bonchev–Trinajstić information content (AvgIpc) is 3.25. The van der Waals surface area contributed by atoms with E-state index >= 15 is 0 Å². The van der Waals surface area contributed by atoms with E-state index in [1.54, 1.807) is 18.3 Å². The average molecular weight is 409 g/mol. The molecule has 1 amide bonds. The van der Waals surface area contributed by atoms with Crippen LogP contribution in [0.5, 0.6) is 0 Å². The van der Waals surface area contributed by atoms with Crippen LogP contribution in [0.15, 0.2) is 48.7 Å². The Morgan fingerprint density at radius 2 is 2.00 bits per heavy atom. The molecule has 0 saturated carbocycles. The van der Waals surface area contributed by atoms with Gasteiger partial charge in [-0.2, -0.15) is 0 Å². The van der Waals surface area contributed by atoms with Crippen LogP contribution in [-0.2, 0) is 6.54 Å². The van der Waals surface area contributed by atoms with Crippen LogP contribution in [0.1, 0.15) is 26.8 Å². The number of hydrogen-bond acceptors (Lipinski definition) is 4. The third-order valence-electron chi connectivity index (χ3n) is 4.75. The van der Waals surface area contributed by atoms with Gasteiger partial charge in [-0.25, -0.2) is 14.4 Å². The quantitative estimate of drug-likeness (QED) is 0.469. The lowest BCUT2D eigenvalue weighted by atomic mass is 10.1. The number of fused-ring (bicyclic) bond motifs is 1. The summed E-state index contributed by atoms with van der Waals surface area (Å²) in [4.78, 5) is 21.9. The Morgan fingerprint density at radius 3 is 2.72 bits per heavy atom. The van der Waals surface area contributed by atoms with Gasteiger partial charge in [-0.15, -0.1) is 11.3 Å². The van der Waals surface area contributed by atoms with Crippen LogP contribution in [0.3, 0.4) is 0 Å². The normalized spacial score (nSPS) is 11.1. The van der Waals surface area contributed by atoms with Gasteiger partial charge < -0.3 is 9.88 Å². The zero-order valence-electron chi connectivity index (χ0n) is 16.3. The van der Waals surface area contributed by atoms with E-state index in [4.69, 9.17) is 0 Å². The van der Waals surface area contributed by atoms with E-state index in [9.17, 15) is 9.18 Å². The predicted molar refractivity (Wildman–Crippen MR) is 114 cm³/mol. The summed E-state index contributed by atoms with van der Waals surface area (Å²) in [5, 5.41) is 4.90. The molecule has 0 aliphatic rings. The van der Waals surface area contributed by atoms with Gasteiger partial charge >= 0.3 is 0 Å². The smallest absolute Gasteiger partial charge is 0.263 e. The molecule has 0 aliphatic carbocycles. The second-order valence-corrected chi connectivity index (χ2v) is 8.06. The first-order valence-corrected chi connectivity index (χ1v) is 10.3. The highest BCUT2D eigenvalue weighted by atomic mass is 32.1. The molecule has 4 aromatic rings. The summed E-state index contributed by atoms with van der Waals surface area (Å²) in [6, 6.07) is 12.5. The molecule has 0 atom stereocenters. The molecular weight excluding hydrogens is 387 g/mol. The number of hydrogen-bond donors (Lipinski definition) is 1. The van der Waals surface area contributed by atoms with Crippen molar-refractivity contribution in [3.8, 4) is 11.3 Å². The van der Waals surface area contributed by atoms with E-state index < -0.39 is 0 Å². The van der Waals surface area contributed by atoms with E-state index in [2.05, 4.69) is 25.9 Å². The van der Waals surface area contributed by atoms with Gasteiger partial charge in [0.15, 0.2) is 0 Å². The summed E-state index contributed by atoms with van der Waals surface area (Å²) in [6.45, 7) is 4.99. The molecule has 0 spiro atoms. The lowest BCUT2D eigenvalue weighted by molar-refractivity contribution is 0.0956. The molecule has 3 heterocycles. The summed E-state index contributed by atoms with van der Waals surface area (Å²) in [5.74, 6) is -0.340. The number of carbonyl (C=O) groups excluding carboxylic acids is 1. The van der Waals surface area contributed by atoms with Crippen molar-refractivity contribution in [3.05, 3.63) is 70.1 Å². The highest BCUT2D eigenvalue weighted by Gasteiger charge is 2.14. The van der Waals surface area contributed by atoms with Crippen LogP contribution >= 0.6 is 11.3 Å². The van der Waals surface area contributed by atoms with E-state index in [1.165, 1.54) is 23.5 Å². The lowest BCUT2D eigenvalue weighted by Crippen LogP contribution is -2.25. The van der Waals surface area contributed by atoms with Crippen molar-refractivity contribution < 1.29 is 9.18 Å². The first kappa shape index (κ1) is 19.3. The van der Waals surface area contributed by atoms with Crippen LogP contribution in [0.25, 0.3) is 22.3 Å². The van der Waals surface area contributed by atoms with Crippen LogP contribution in [-0.4, -0.2) is 27.0 Å². The number of rotatable bonds is 6. The summed E-state index contributed by atoms with van der Waals surface area (Å²) in [5.41, 5.74) is 3.57. The van der Waals surface area contributed by atoms with Crippen molar-refractivity contribution in [2.75, 3.05) is 6.54 Å². The largest absolute Gasteiger partial charge is 0.351 e. The highest BCUT2D eigenvalue weighted by Crippen LogP contribution is 2.27. The van der Waals surface area contributed by atoms with Crippen molar-refractivity contribution in [2.45, 2.75) is 26.8 Å². The van der Waals surface area contributed by atoms with E-state index in [0.29, 0.717) is 18.0 Å². The number of aryl methyl sites for hydroxylation is 3. The SMILES string of the molecule is Cc1nc(C)c(C(=O)NCCCn2c(-c3ccc(F)cc3)cc3cccnc32)s1. The molecule has 5 nitrogen and oxygen atoms in total. The van der Waals surface area contributed by atoms with E-state index in [1.807, 2.05) is 26.0 Å². The Hall–Kier alpha value is -3.06. The first-order valence-electron chi connectivity index (χ1n) is 9.45. The van der Waals surface area contributed by atoms with E-state index in [-0.39, 0.29) is 11.7 Å². The van der Waals surface area contributed by atoms with Gasteiger partial charge in [0.2, 0.25) is 0 Å². The number of amides is 1. The van der Waals surface area contributed by atoms with Crippen molar-refractivity contribution >= 4 is 28.3 Å². The predicted octanol–water partition coefficient (Wildman–Crippen LogP) is 4.74. The van der Waals surface area contributed by atoms with Gasteiger partial charge in [0.05, 0.1) is 16.4 Å². The fourth-order valence-corrected chi connectivity index (χ4v) is 4.27. The van der Waals surface area contributed by atoms with Crippen molar-refractivity contribution in [1.82, 2.24) is 19.9 Å². The third kappa shape index (κ3) is 4.05. The zero-order chi connectivity index (χ0) is 20.4. The first-order chi connectivity index (χ1) is 14.0. The molecule has 0 unspecified atom stereocenters. The minimum absolute atomic E-state index is 0.0812. The summed E-state index contributed by atoms with van der Waals surface area (Å²) in [6.07, 6.45) is 2.51. The minimum Gasteiger partial charge on any atom is -0.351 e. The van der Waals surface area contributed by atoms with Crippen molar-refractivity contribution in [2.24, 2.45) is 0 Å². The number of nitrogens with one attached hydrogen (secondary N) is 1. The monoisotopic (exact) mass is 408 g/mol. The second kappa shape index (κ2) is 8.13. The topological polar surface area (TPSA) is 59.8 Å². The van der Waals surface area contributed by atoms with Crippen molar-refractivity contribution in [1.29, 1.82) is 0 Å². The Labute approximate surface area is 172 Å². The van der Waals surface area contributed by atoms with Gasteiger partial charge in [-0.3, -0.25) is 4.79 Å². The van der Waals surface area contributed by atoms with Gasteiger partial charge in [0, 0.05) is 24.7 Å². The molecular formula is C22H21FN4OS. The fourth-order valence-electron chi connectivity index (χ4n) is 3.43. The Morgan fingerprint density at radius 1 is 1.21 bits per heavy atom. The molecule has 0 fully saturated rings. The van der Waals surface area contributed by atoms with Crippen LogP contribution < -0.4 is 5.32 Å². The Bertz CT molecular complexity index is 1160. The molecule has 0 radical (unpaired) electrons. The number of thiazole rings is 1. The molecule has 29 heavy (non-hydrogen) atoms. The standard InChI is InChI=1S/C22H21FN4OS/c1-14-20(29-15(2)26-14)22(28)25-11-4-12-27-19(16-6-8-18(23)9-7-16)13-17-5-3-10-24-21(17)27/h3,5-10,13H,4,11-12H2,1-2H3,(H,25,28). The van der Waals surface area contributed by atoms with Gasteiger partial charge in [0.1, 0.15) is 16.3 Å². The van der Waals surface area contributed by atoms with Crippen LogP contribution in [0.4, 0.5) is 4.39 Å². The number of nitrogens with zero attached hydrogens (tertiary/aromatic N) is 3. The molecule has 0 bridgehead atoms. The maximum absolute atomic E-state index is 13.3. The zero-order valence-corrected chi connectivity index (χ0v) is 17.1. The molecule has 3 aromatic heterocycles. The maximum Gasteiger partial charge on any atom is 0.263 e. The second-order valence-electron chi connectivity index (χ2n) is 6.86. The number of pyridine rings is 1. The Balaban J connectivity index is 1.50. The van der Waals surface area contributed by atoms with Crippen LogP contribution in [0.2, 0.25) is 0 Å². The molecule has 0 aliphatic heterocycles. The third-order valence-corrected chi connectivity index (χ3v) is 5.82. The number of aromatic nitrogens is 3. The fraction of sp³-hybridized carbons (Fsp3) is 0.227. The maximum atomic E-state index is 13.3. The number of halogens is 1. The number of benzene rings is 1. The highest BCUT2D eigenvalue weighted by molar-refractivity contribution is 7.13. The van der Waals surface area contributed by atoms with Crippen LogP contribution in [0, 0.1) is 19.7 Å². The molecule has 148 valence electrons. The molecule has 1 N–H and O–H groups in total. The van der Waals surface area contributed by atoms with Crippen molar-refractivity contribution in [3.63, 3.8) is 0 Å².